The lowest BCUT2D eigenvalue weighted by Gasteiger charge is -2.36. The van der Waals surface area contributed by atoms with E-state index in [1.807, 2.05) is 20.8 Å². The fourth-order valence-electron chi connectivity index (χ4n) is 2.43. The molecule has 2 heterocycles. The molecule has 1 aromatic rings. The van der Waals surface area contributed by atoms with Gasteiger partial charge in [-0.3, -0.25) is 9.88 Å². The van der Waals surface area contributed by atoms with Gasteiger partial charge in [-0.05, 0) is 40.0 Å². The van der Waals surface area contributed by atoms with Crippen LogP contribution in [0.3, 0.4) is 0 Å². The summed E-state index contributed by atoms with van der Waals surface area (Å²) in [5, 5.41) is 9.74. The number of rotatable bonds is 1. The van der Waals surface area contributed by atoms with Crippen molar-refractivity contribution < 1.29 is 14.6 Å². The number of amides is 1. The number of likely N-dealkylation sites (tertiary alicyclic amines) is 1. The molecular weight excluding hydrogens is 270 g/mol. The van der Waals surface area contributed by atoms with Gasteiger partial charge in [-0.2, -0.15) is 0 Å². The van der Waals surface area contributed by atoms with Gasteiger partial charge in [0.25, 0.3) is 0 Å². The van der Waals surface area contributed by atoms with Crippen molar-refractivity contribution in [3.05, 3.63) is 18.0 Å². The van der Waals surface area contributed by atoms with Gasteiger partial charge in [0, 0.05) is 12.6 Å². The van der Waals surface area contributed by atoms with Crippen LogP contribution in [0.5, 0.6) is 5.75 Å². The highest BCUT2D eigenvalue weighted by Gasteiger charge is 2.32. The van der Waals surface area contributed by atoms with E-state index in [0.29, 0.717) is 12.2 Å². The Balaban J connectivity index is 2.22. The number of nitrogens with zero attached hydrogens (tertiary/aromatic N) is 2. The minimum absolute atomic E-state index is 0.00490. The van der Waals surface area contributed by atoms with E-state index in [9.17, 15) is 9.90 Å². The lowest BCUT2D eigenvalue weighted by molar-refractivity contribution is 0.00897. The summed E-state index contributed by atoms with van der Waals surface area (Å²) in [6.07, 6.45) is 3.83. The maximum atomic E-state index is 12.3. The Bertz CT molecular complexity index is 525. The van der Waals surface area contributed by atoms with Gasteiger partial charge in [0.05, 0.1) is 23.6 Å². The fourth-order valence-corrected chi connectivity index (χ4v) is 2.43. The van der Waals surface area contributed by atoms with E-state index >= 15 is 0 Å². The molecule has 6 heteroatoms. The molecule has 1 aliphatic rings. The second-order valence-electron chi connectivity index (χ2n) is 6.35. The van der Waals surface area contributed by atoms with Crippen LogP contribution in [0.1, 0.15) is 51.8 Å². The van der Waals surface area contributed by atoms with Crippen LogP contribution >= 0.6 is 0 Å². The third-order valence-corrected chi connectivity index (χ3v) is 3.41. The van der Waals surface area contributed by atoms with Crippen molar-refractivity contribution in [1.29, 1.82) is 0 Å². The van der Waals surface area contributed by atoms with Crippen molar-refractivity contribution in [2.45, 2.75) is 51.7 Å². The molecule has 0 spiro atoms. The molecule has 0 aromatic carbocycles. The number of ether oxygens (including phenoxy) is 1. The lowest BCUT2D eigenvalue weighted by atomic mass is 9.99. The fraction of sp³-hybridized carbons (Fsp3) is 0.600. The third kappa shape index (κ3) is 3.77. The van der Waals surface area contributed by atoms with E-state index in [1.165, 1.54) is 12.3 Å². The maximum absolute atomic E-state index is 12.3. The van der Waals surface area contributed by atoms with Crippen LogP contribution < -0.4 is 5.73 Å². The first-order valence-corrected chi connectivity index (χ1v) is 7.22. The molecule has 1 fully saturated rings. The van der Waals surface area contributed by atoms with Crippen LogP contribution in [0.25, 0.3) is 0 Å². The number of nitrogen functional groups attached to an aromatic ring is 1. The first-order valence-electron chi connectivity index (χ1n) is 7.22. The van der Waals surface area contributed by atoms with Crippen molar-refractivity contribution in [3.63, 3.8) is 0 Å². The monoisotopic (exact) mass is 293 g/mol. The van der Waals surface area contributed by atoms with E-state index in [0.717, 1.165) is 19.3 Å². The highest BCUT2D eigenvalue weighted by Crippen LogP contribution is 2.33. The number of hydrogen-bond acceptors (Lipinski definition) is 5. The van der Waals surface area contributed by atoms with Crippen LogP contribution in [0.15, 0.2) is 12.3 Å². The first kappa shape index (κ1) is 15.4. The van der Waals surface area contributed by atoms with Crippen molar-refractivity contribution in [2.24, 2.45) is 0 Å². The molecule has 0 bridgehead atoms. The van der Waals surface area contributed by atoms with E-state index in [1.54, 1.807) is 4.90 Å². The molecule has 0 aliphatic carbocycles. The van der Waals surface area contributed by atoms with Crippen molar-refractivity contribution in [1.82, 2.24) is 9.88 Å². The maximum Gasteiger partial charge on any atom is 0.410 e. The molecule has 1 aromatic heterocycles. The zero-order valence-corrected chi connectivity index (χ0v) is 12.8. The summed E-state index contributed by atoms with van der Waals surface area (Å²) in [4.78, 5) is 18.3. The number of carbonyl (C=O) groups is 1. The van der Waals surface area contributed by atoms with Gasteiger partial charge in [0.2, 0.25) is 0 Å². The molecule has 1 saturated heterocycles. The first-order chi connectivity index (χ1) is 9.78. The second kappa shape index (κ2) is 5.79. The Morgan fingerprint density at radius 1 is 1.48 bits per heavy atom. The number of aromatic hydroxyl groups is 1. The molecule has 6 nitrogen and oxygen atoms in total. The number of piperidine rings is 1. The Labute approximate surface area is 124 Å². The molecule has 3 N–H and O–H groups in total. The second-order valence-corrected chi connectivity index (χ2v) is 6.35. The molecule has 1 atom stereocenters. The van der Waals surface area contributed by atoms with Crippen LogP contribution in [-0.4, -0.2) is 33.2 Å². The number of nitrogens with two attached hydrogens (primary N) is 1. The zero-order valence-electron chi connectivity index (χ0n) is 12.8. The minimum atomic E-state index is -0.532. The van der Waals surface area contributed by atoms with Crippen LogP contribution in [0.4, 0.5) is 10.5 Å². The Hall–Kier alpha value is -1.98. The standard InChI is InChI=1S/C15H23N3O3/c1-15(2,3)21-14(20)18-7-5-4-6-12(18)11-8-13(19)10(16)9-17-11/h8-9,12H,4-7,16H2,1-3H3,(H,17,19). The summed E-state index contributed by atoms with van der Waals surface area (Å²) in [6, 6.07) is 1.35. The number of carbonyl (C=O) groups excluding carboxylic acids is 1. The summed E-state index contributed by atoms with van der Waals surface area (Å²) < 4.78 is 5.45. The molecule has 116 valence electrons. The molecule has 1 aliphatic heterocycles. The third-order valence-electron chi connectivity index (χ3n) is 3.41. The van der Waals surface area contributed by atoms with Crippen LogP contribution in [0.2, 0.25) is 0 Å². The number of hydrogen-bond donors (Lipinski definition) is 2. The van der Waals surface area contributed by atoms with Gasteiger partial charge in [-0.15, -0.1) is 0 Å². The SMILES string of the molecule is CC(C)(C)OC(=O)N1CCCCC1c1cc(O)c(N)cn1. The molecule has 0 radical (unpaired) electrons. The lowest BCUT2D eigenvalue weighted by Crippen LogP contribution is -2.42. The molecule has 2 rings (SSSR count). The number of anilines is 1. The molecule has 1 unspecified atom stereocenters. The van der Waals surface area contributed by atoms with Gasteiger partial charge in [-0.1, -0.05) is 0 Å². The smallest absolute Gasteiger partial charge is 0.410 e. The molecule has 21 heavy (non-hydrogen) atoms. The van der Waals surface area contributed by atoms with Gasteiger partial charge in [-0.25, -0.2) is 4.79 Å². The van der Waals surface area contributed by atoms with E-state index in [4.69, 9.17) is 10.5 Å². The van der Waals surface area contributed by atoms with E-state index in [-0.39, 0.29) is 23.6 Å². The normalized spacial score (nSPS) is 19.4. The summed E-state index contributed by atoms with van der Waals surface area (Å²) in [5.74, 6) is -0.00490. The average molecular weight is 293 g/mol. The van der Waals surface area contributed by atoms with Gasteiger partial charge in [0.15, 0.2) is 0 Å². The Morgan fingerprint density at radius 3 is 2.81 bits per heavy atom. The minimum Gasteiger partial charge on any atom is -0.506 e. The van der Waals surface area contributed by atoms with Crippen molar-refractivity contribution in [3.8, 4) is 5.75 Å². The van der Waals surface area contributed by atoms with Crippen LogP contribution in [0, 0.1) is 0 Å². The van der Waals surface area contributed by atoms with Gasteiger partial charge < -0.3 is 15.6 Å². The van der Waals surface area contributed by atoms with Crippen molar-refractivity contribution >= 4 is 11.8 Å². The predicted octanol–water partition coefficient (Wildman–Crippen LogP) is 2.83. The highest BCUT2D eigenvalue weighted by atomic mass is 16.6. The molecule has 1 amide bonds. The highest BCUT2D eigenvalue weighted by molar-refractivity contribution is 5.69. The summed E-state index contributed by atoms with van der Waals surface area (Å²) in [5.41, 5.74) is 5.93. The Kier molecular flexibility index (Phi) is 4.25. The number of aromatic nitrogens is 1. The zero-order chi connectivity index (χ0) is 15.6. The topological polar surface area (TPSA) is 88.7 Å². The van der Waals surface area contributed by atoms with Crippen molar-refractivity contribution in [2.75, 3.05) is 12.3 Å². The van der Waals surface area contributed by atoms with E-state index in [2.05, 4.69) is 4.98 Å². The average Bonchev–Trinajstić information content (AvgIpc) is 2.40. The molecular formula is C15H23N3O3. The summed E-state index contributed by atoms with van der Waals surface area (Å²) in [7, 11) is 0. The predicted molar refractivity (Wildman–Crippen MR) is 79.8 cm³/mol. The molecule has 0 saturated carbocycles. The van der Waals surface area contributed by atoms with Gasteiger partial charge >= 0.3 is 6.09 Å². The summed E-state index contributed by atoms with van der Waals surface area (Å²) >= 11 is 0. The van der Waals surface area contributed by atoms with E-state index < -0.39 is 5.60 Å². The van der Waals surface area contributed by atoms with Crippen LogP contribution in [-0.2, 0) is 4.74 Å². The largest absolute Gasteiger partial charge is 0.506 e. The quantitative estimate of drug-likeness (QED) is 0.831. The van der Waals surface area contributed by atoms with Gasteiger partial charge in [0.1, 0.15) is 11.4 Å². The number of pyridine rings is 1. The summed E-state index contributed by atoms with van der Waals surface area (Å²) in [6.45, 7) is 6.16. The Morgan fingerprint density at radius 2 is 2.19 bits per heavy atom.